The smallest absolute Gasteiger partial charge is 0.319 e. The first-order valence-electron chi connectivity index (χ1n) is 8.04. The Morgan fingerprint density at radius 2 is 2.08 bits per heavy atom. The molecule has 3 amide bonds. The van der Waals surface area contributed by atoms with Crippen LogP contribution < -0.4 is 16.2 Å². The second-order valence-corrected chi connectivity index (χ2v) is 5.48. The molecule has 0 radical (unpaired) electrons. The van der Waals surface area contributed by atoms with Crippen LogP contribution in [0.5, 0.6) is 0 Å². The second kappa shape index (κ2) is 7.31. The molecule has 0 aromatic carbocycles. The van der Waals surface area contributed by atoms with Gasteiger partial charge >= 0.3 is 6.03 Å². The number of nitrogens with one attached hydrogen (secondary N) is 2. The third-order valence-corrected chi connectivity index (χ3v) is 3.85. The van der Waals surface area contributed by atoms with E-state index in [2.05, 4.69) is 15.6 Å². The molecule has 0 unspecified atom stereocenters. The lowest BCUT2D eigenvalue weighted by atomic mass is 10.2. The van der Waals surface area contributed by atoms with E-state index in [9.17, 15) is 14.4 Å². The number of urea groups is 1. The van der Waals surface area contributed by atoms with Gasteiger partial charge in [0.05, 0.1) is 25.0 Å². The minimum atomic E-state index is -0.484. The summed E-state index contributed by atoms with van der Waals surface area (Å²) in [5, 5.41) is 5.00. The number of ether oxygens (including phenoxy) is 1. The van der Waals surface area contributed by atoms with Crippen LogP contribution in [0.1, 0.15) is 17.3 Å². The van der Waals surface area contributed by atoms with E-state index in [0.29, 0.717) is 38.4 Å². The second-order valence-electron chi connectivity index (χ2n) is 5.48. The highest BCUT2D eigenvalue weighted by Crippen LogP contribution is 2.13. The fourth-order valence-corrected chi connectivity index (χ4v) is 2.62. The van der Waals surface area contributed by atoms with E-state index >= 15 is 0 Å². The van der Waals surface area contributed by atoms with Gasteiger partial charge in [0, 0.05) is 25.8 Å². The minimum Gasteiger partial charge on any atom is -0.378 e. The van der Waals surface area contributed by atoms with Crippen molar-refractivity contribution in [3.63, 3.8) is 0 Å². The molecule has 1 aliphatic rings. The maximum absolute atomic E-state index is 12.7. The molecule has 9 heteroatoms. The lowest BCUT2D eigenvalue weighted by molar-refractivity contribution is 0.0303. The minimum absolute atomic E-state index is 0.0411. The van der Waals surface area contributed by atoms with Gasteiger partial charge in [-0.25, -0.2) is 9.78 Å². The van der Waals surface area contributed by atoms with E-state index in [1.807, 2.05) is 0 Å². The first-order chi connectivity index (χ1) is 12.1. The van der Waals surface area contributed by atoms with E-state index in [1.165, 1.54) is 16.8 Å². The number of hydrogen-bond donors (Lipinski definition) is 2. The molecule has 1 aliphatic heterocycles. The summed E-state index contributed by atoms with van der Waals surface area (Å²) >= 11 is 0. The number of fused-ring (bicyclic) bond motifs is 1. The number of amides is 3. The molecular formula is C16H19N5O4. The van der Waals surface area contributed by atoms with Crippen molar-refractivity contribution in [3.8, 4) is 0 Å². The van der Waals surface area contributed by atoms with Gasteiger partial charge in [-0.3, -0.25) is 14.0 Å². The van der Waals surface area contributed by atoms with Crippen molar-refractivity contribution in [1.29, 1.82) is 0 Å². The number of carbonyl (C=O) groups is 2. The number of hydrogen-bond acceptors (Lipinski definition) is 5. The zero-order chi connectivity index (χ0) is 17.8. The van der Waals surface area contributed by atoms with Crippen molar-refractivity contribution in [2.45, 2.75) is 6.92 Å². The topological polar surface area (TPSA) is 105 Å². The van der Waals surface area contributed by atoms with Crippen molar-refractivity contribution >= 4 is 23.3 Å². The van der Waals surface area contributed by atoms with Crippen molar-refractivity contribution < 1.29 is 14.3 Å². The predicted octanol–water partition coefficient (Wildman–Crippen LogP) is 0.308. The van der Waals surface area contributed by atoms with Crippen molar-refractivity contribution in [1.82, 2.24) is 19.6 Å². The highest BCUT2D eigenvalue weighted by atomic mass is 16.5. The number of carbonyl (C=O) groups excluding carboxylic acids is 2. The maximum Gasteiger partial charge on any atom is 0.319 e. The number of rotatable bonds is 3. The van der Waals surface area contributed by atoms with Gasteiger partial charge in [0.1, 0.15) is 5.69 Å². The summed E-state index contributed by atoms with van der Waals surface area (Å²) in [6, 6.07) is 2.76. The van der Waals surface area contributed by atoms with Crippen molar-refractivity contribution in [2.75, 3.05) is 38.2 Å². The molecular weight excluding hydrogens is 326 g/mol. The molecule has 1 saturated heterocycles. The first kappa shape index (κ1) is 16.9. The molecule has 0 bridgehead atoms. The normalized spacial score (nSPS) is 14.4. The Balaban J connectivity index is 1.97. The van der Waals surface area contributed by atoms with Crippen LogP contribution in [0.15, 0.2) is 29.3 Å². The van der Waals surface area contributed by atoms with Crippen molar-refractivity contribution in [2.24, 2.45) is 0 Å². The zero-order valence-electron chi connectivity index (χ0n) is 13.8. The van der Waals surface area contributed by atoms with Gasteiger partial charge in [-0.2, -0.15) is 0 Å². The Kier molecular flexibility index (Phi) is 4.94. The van der Waals surface area contributed by atoms with Crippen LogP contribution in [0.25, 0.3) is 5.65 Å². The maximum atomic E-state index is 12.7. The van der Waals surface area contributed by atoms with Crippen molar-refractivity contribution in [3.05, 3.63) is 40.4 Å². The predicted molar refractivity (Wildman–Crippen MR) is 90.9 cm³/mol. The third kappa shape index (κ3) is 3.45. The molecule has 3 heterocycles. The fraction of sp³-hybridized carbons (Fsp3) is 0.375. The standard InChI is InChI=1S/C16H19N5O4/c1-2-17-16(24)19-12-10-18-13-11(4-3-5-21(13)15(12)23)14(22)20-6-8-25-9-7-20/h3-5,10H,2,6-9H2,1H3,(H2,17,19,24). The summed E-state index contributed by atoms with van der Waals surface area (Å²) in [6.45, 7) is 4.19. The lowest BCUT2D eigenvalue weighted by Gasteiger charge is -2.27. The Hall–Kier alpha value is -2.94. The Morgan fingerprint density at radius 1 is 1.32 bits per heavy atom. The van der Waals surface area contributed by atoms with Crippen LogP contribution in [0, 0.1) is 0 Å². The summed E-state index contributed by atoms with van der Waals surface area (Å²) in [7, 11) is 0. The van der Waals surface area contributed by atoms with E-state index in [0.717, 1.165) is 0 Å². The van der Waals surface area contributed by atoms with Gasteiger partial charge < -0.3 is 20.3 Å². The zero-order valence-corrected chi connectivity index (χ0v) is 13.8. The van der Waals surface area contributed by atoms with Crippen LogP contribution in [0.2, 0.25) is 0 Å². The van der Waals surface area contributed by atoms with Gasteiger partial charge in [0.2, 0.25) is 0 Å². The summed E-state index contributed by atoms with van der Waals surface area (Å²) in [5.41, 5.74) is 0.184. The van der Waals surface area contributed by atoms with Crippen LogP contribution in [0.4, 0.5) is 10.5 Å². The number of aromatic nitrogens is 2. The molecule has 1 fully saturated rings. The molecule has 2 aromatic rings. The number of anilines is 1. The SMILES string of the molecule is CCNC(=O)Nc1cnc2c(C(=O)N3CCOCC3)cccn2c1=O. The van der Waals surface area contributed by atoms with E-state index in [-0.39, 0.29) is 17.2 Å². The molecule has 132 valence electrons. The molecule has 3 rings (SSSR count). The molecule has 9 nitrogen and oxygen atoms in total. The quantitative estimate of drug-likeness (QED) is 0.833. The van der Waals surface area contributed by atoms with Gasteiger partial charge in [-0.15, -0.1) is 0 Å². The highest BCUT2D eigenvalue weighted by molar-refractivity contribution is 6.00. The first-order valence-corrected chi connectivity index (χ1v) is 8.04. The molecule has 0 aliphatic carbocycles. The summed E-state index contributed by atoms with van der Waals surface area (Å²) < 4.78 is 6.51. The van der Waals surface area contributed by atoms with Gasteiger partial charge in [-0.05, 0) is 19.1 Å². The summed E-state index contributed by atoms with van der Waals surface area (Å²) in [5.74, 6) is -0.197. The summed E-state index contributed by atoms with van der Waals surface area (Å²) in [4.78, 5) is 42.8. The number of morpholine rings is 1. The number of nitrogens with zero attached hydrogens (tertiary/aromatic N) is 3. The largest absolute Gasteiger partial charge is 0.378 e. The number of pyridine rings is 1. The molecule has 25 heavy (non-hydrogen) atoms. The van der Waals surface area contributed by atoms with Crippen LogP contribution in [0.3, 0.4) is 0 Å². The Bertz CT molecular complexity index is 857. The Labute approximate surface area is 143 Å². The highest BCUT2D eigenvalue weighted by Gasteiger charge is 2.22. The fourth-order valence-electron chi connectivity index (χ4n) is 2.62. The molecule has 0 spiro atoms. The Morgan fingerprint density at radius 3 is 2.80 bits per heavy atom. The monoisotopic (exact) mass is 345 g/mol. The summed E-state index contributed by atoms with van der Waals surface area (Å²) in [6.07, 6.45) is 2.78. The van der Waals surface area contributed by atoms with Gasteiger partial charge in [-0.1, -0.05) is 0 Å². The van der Waals surface area contributed by atoms with E-state index in [1.54, 1.807) is 24.0 Å². The van der Waals surface area contributed by atoms with Gasteiger partial charge in [0.15, 0.2) is 5.65 Å². The van der Waals surface area contributed by atoms with Crippen LogP contribution >= 0.6 is 0 Å². The van der Waals surface area contributed by atoms with Crippen LogP contribution in [-0.2, 0) is 4.74 Å². The molecule has 0 saturated carbocycles. The lowest BCUT2D eigenvalue weighted by Crippen LogP contribution is -2.41. The average molecular weight is 345 g/mol. The van der Waals surface area contributed by atoms with E-state index < -0.39 is 11.6 Å². The molecule has 2 N–H and O–H groups in total. The van der Waals surface area contributed by atoms with Crippen LogP contribution in [-0.4, -0.2) is 59.1 Å². The van der Waals surface area contributed by atoms with E-state index in [4.69, 9.17) is 4.74 Å². The molecule has 0 atom stereocenters. The third-order valence-electron chi connectivity index (χ3n) is 3.85. The molecule has 2 aromatic heterocycles. The average Bonchev–Trinajstić information content (AvgIpc) is 2.64. The van der Waals surface area contributed by atoms with Gasteiger partial charge in [0.25, 0.3) is 11.5 Å².